The molecule has 5 rings (SSSR count). The molecule has 0 aliphatic rings. The van der Waals surface area contributed by atoms with Crippen LogP contribution in [0.15, 0.2) is 125 Å². The first-order valence-electron chi connectivity index (χ1n) is 13.7. The van der Waals surface area contributed by atoms with E-state index in [1.54, 1.807) is 66.2 Å². The molecule has 0 aliphatic heterocycles. The summed E-state index contributed by atoms with van der Waals surface area (Å²) < 4.78 is 5.37. The predicted octanol–water partition coefficient (Wildman–Crippen LogP) is 6.74. The van der Waals surface area contributed by atoms with Gasteiger partial charge in [0.2, 0.25) is 5.91 Å². The first-order chi connectivity index (χ1) is 21.9. The number of thiazole rings is 1. The molecule has 4 aromatic carbocycles. The molecule has 11 heteroatoms. The number of rotatable bonds is 11. The smallest absolute Gasteiger partial charge is 0.272 e. The molecule has 5 aromatic rings. The van der Waals surface area contributed by atoms with Crippen LogP contribution in [0.4, 0.5) is 10.8 Å². The number of thioether (sulfide) groups is 1. The molecule has 4 N–H and O–H groups in total. The number of anilines is 2. The van der Waals surface area contributed by atoms with Crippen LogP contribution in [0.25, 0.3) is 6.08 Å². The van der Waals surface area contributed by atoms with Crippen molar-refractivity contribution in [2.45, 2.75) is 10.1 Å². The van der Waals surface area contributed by atoms with E-state index in [1.807, 2.05) is 36.4 Å². The number of nitrogens with one attached hydrogen (secondary N) is 3. The van der Waals surface area contributed by atoms with Crippen molar-refractivity contribution in [1.29, 1.82) is 0 Å². The van der Waals surface area contributed by atoms with Crippen LogP contribution in [0.5, 0.6) is 11.5 Å². The lowest BCUT2D eigenvalue weighted by molar-refractivity contribution is -0.116. The minimum atomic E-state index is -0.594. The minimum Gasteiger partial charge on any atom is -0.508 e. The Hall–Kier alpha value is -5.39. The zero-order valence-corrected chi connectivity index (χ0v) is 25.6. The van der Waals surface area contributed by atoms with Gasteiger partial charge in [0.1, 0.15) is 22.4 Å². The van der Waals surface area contributed by atoms with Crippen LogP contribution in [0.3, 0.4) is 0 Å². The van der Waals surface area contributed by atoms with Gasteiger partial charge < -0.3 is 25.8 Å². The SMILES string of the molecule is COc1cc(O)ccc1/C=C(/NC(=O)c1ccccc1)C(=O)Nc1cccc(SC(C(=O)Nc2nccs2)c2ccccc2)c1. The van der Waals surface area contributed by atoms with Gasteiger partial charge in [0, 0.05) is 39.4 Å². The first kappa shape index (κ1) is 31.0. The Morgan fingerprint density at radius 3 is 2.38 bits per heavy atom. The molecule has 3 amide bonds. The van der Waals surface area contributed by atoms with Crippen molar-refractivity contribution in [3.63, 3.8) is 0 Å². The molecule has 0 saturated heterocycles. The van der Waals surface area contributed by atoms with Gasteiger partial charge in [-0.3, -0.25) is 14.4 Å². The van der Waals surface area contributed by atoms with Crippen molar-refractivity contribution in [2.75, 3.05) is 17.7 Å². The van der Waals surface area contributed by atoms with Crippen LogP contribution < -0.4 is 20.7 Å². The van der Waals surface area contributed by atoms with E-state index < -0.39 is 17.1 Å². The van der Waals surface area contributed by atoms with Crippen LogP contribution in [-0.2, 0) is 9.59 Å². The van der Waals surface area contributed by atoms with E-state index in [-0.39, 0.29) is 17.4 Å². The number of hydrogen-bond donors (Lipinski definition) is 4. The van der Waals surface area contributed by atoms with Gasteiger partial charge in [-0.25, -0.2) is 4.98 Å². The quantitative estimate of drug-likeness (QED) is 0.0934. The number of phenols is 1. The lowest BCUT2D eigenvalue weighted by Gasteiger charge is -2.17. The van der Waals surface area contributed by atoms with Gasteiger partial charge in [-0.05, 0) is 54.1 Å². The lowest BCUT2D eigenvalue weighted by Crippen LogP contribution is -2.30. The van der Waals surface area contributed by atoms with Gasteiger partial charge in [-0.2, -0.15) is 0 Å². The van der Waals surface area contributed by atoms with E-state index in [0.29, 0.717) is 27.7 Å². The fraction of sp³-hybridized carbons (Fsp3) is 0.0588. The maximum atomic E-state index is 13.6. The van der Waals surface area contributed by atoms with E-state index in [2.05, 4.69) is 20.9 Å². The Bertz CT molecular complexity index is 1810. The highest BCUT2D eigenvalue weighted by Crippen LogP contribution is 2.37. The third-order valence-corrected chi connectivity index (χ3v) is 8.33. The van der Waals surface area contributed by atoms with E-state index in [1.165, 1.54) is 48.4 Å². The van der Waals surface area contributed by atoms with Crippen molar-refractivity contribution in [3.05, 3.63) is 137 Å². The molecular weight excluding hydrogens is 609 g/mol. The van der Waals surface area contributed by atoms with Crippen LogP contribution in [0, 0.1) is 0 Å². The second-order valence-corrected chi connectivity index (χ2v) is 11.6. The van der Waals surface area contributed by atoms with Crippen LogP contribution in [0.1, 0.15) is 26.7 Å². The number of methoxy groups -OCH3 is 1. The largest absolute Gasteiger partial charge is 0.508 e. The second-order valence-electron chi connectivity index (χ2n) is 9.52. The van der Waals surface area contributed by atoms with Crippen LogP contribution in [0.2, 0.25) is 0 Å². The van der Waals surface area contributed by atoms with E-state index in [9.17, 15) is 19.5 Å². The van der Waals surface area contributed by atoms with Gasteiger partial charge in [0.15, 0.2) is 5.13 Å². The highest BCUT2D eigenvalue weighted by atomic mass is 32.2. The van der Waals surface area contributed by atoms with Crippen molar-refractivity contribution in [2.24, 2.45) is 0 Å². The third-order valence-electron chi connectivity index (χ3n) is 6.39. The number of amides is 3. The first-order valence-corrected chi connectivity index (χ1v) is 15.4. The number of nitrogens with zero attached hydrogens (tertiary/aromatic N) is 1. The summed E-state index contributed by atoms with van der Waals surface area (Å²) in [6, 6.07) is 29.5. The molecule has 9 nitrogen and oxygen atoms in total. The summed E-state index contributed by atoms with van der Waals surface area (Å²) in [7, 11) is 1.44. The van der Waals surface area contributed by atoms with E-state index >= 15 is 0 Å². The number of carbonyl (C=O) groups excluding carboxylic acids is 3. The molecule has 0 saturated carbocycles. The number of aromatic nitrogens is 1. The highest BCUT2D eigenvalue weighted by molar-refractivity contribution is 8.00. The average Bonchev–Trinajstić information content (AvgIpc) is 3.58. The van der Waals surface area contributed by atoms with Gasteiger partial charge >= 0.3 is 0 Å². The number of carbonyl (C=O) groups is 3. The minimum absolute atomic E-state index is 0.00761. The molecular formula is C34H28N4O5S2. The molecule has 0 aliphatic carbocycles. The summed E-state index contributed by atoms with van der Waals surface area (Å²) >= 11 is 2.66. The number of benzene rings is 4. The molecule has 0 fully saturated rings. The Balaban J connectivity index is 1.40. The third kappa shape index (κ3) is 8.37. The number of aromatic hydroxyl groups is 1. The fourth-order valence-electron chi connectivity index (χ4n) is 4.26. The molecule has 1 atom stereocenters. The maximum absolute atomic E-state index is 13.6. The molecule has 1 aromatic heterocycles. The summed E-state index contributed by atoms with van der Waals surface area (Å²) in [6.45, 7) is 0. The van der Waals surface area contributed by atoms with Crippen LogP contribution >= 0.6 is 23.1 Å². The fourth-order valence-corrected chi connectivity index (χ4v) is 5.87. The summed E-state index contributed by atoms with van der Waals surface area (Å²) in [5.41, 5.74) is 2.05. The second kappa shape index (κ2) is 14.9. The van der Waals surface area contributed by atoms with E-state index in [0.717, 1.165) is 10.5 Å². The van der Waals surface area contributed by atoms with Crippen molar-refractivity contribution >= 4 is 57.7 Å². The molecule has 0 spiro atoms. The number of ether oxygens (including phenoxy) is 1. The van der Waals surface area contributed by atoms with Gasteiger partial charge in [-0.15, -0.1) is 23.1 Å². The zero-order chi connectivity index (χ0) is 31.6. The zero-order valence-electron chi connectivity index (χ0n) is 24.0. The van der Waals surface area contributed by atoms with Crippen molar-refractivity contribution in [1.82, 2.24) is 10.3 Å². The molecule has 1 heterocycles. The topological polar surface area (TPSA) is 130 Å². The Morgan fingerprint density at radius 2 is 1.67 bits per heavy atom. The lowest BCUT2D eigenvalue weighted by atomic mass is 10.1. The van der Waals surface area contributed by atoms with Crippen LogP contribution in [-0.4, -0.2) is 34.9 Å². The molecule has 0 bridgehead atoms. The highest BCUT2D eigenvalue weighted by Gasteiger charge is 2.23. The average molecular weight is 637 g/mol. The molecule has 0 radical (unpaired) electrons. The number of phenolic OH excluding ortho intramolecular Hbond substituents is 1. The summed E-state index contributed by atoms with van der Waals surface area (Å²) in [5.74, 6) is -0.983. The molecule has 226 valence electrons. The maximum Gasteiger partial charge on any atom is 0.272 e. The van der Waals surface area contributed by atoms with Gasteiger partial charge in [0.05, 0.1) is 7.11 Å². The monoisotopic (exact) mass is 636 g/mol. The molecule has 45 heavy (non-hydrogen) atoms. The van der Waals surface area contributed by atoms with Gasteiger partial charge in [-0.1, -0.05) is 54.6 Å². The summed E-state index contributed by atoms with van der Waals surface area (Å²) in [5, 5.41) is 20.0. The Morgan fingerprint density at radius 1 is 0.911 bits per heavy atom. The Labute approximate surface area is 268 Å². The summed E-state index contributed by atoms with van der Waals surface area (Å²) in [4.78, 5) is 44.9. The standard InChI is InChI=1S/C34H28N4O5S2/c1-43-29-21-26(39)16-15-24(29)19-28(37-31(40)23-11-6-3-7-12-23)32(41)36-25-13-8-14-27(20-25)45-30(22-9-4-2-5-10-22)33(42)38-34-35-17-18-44-34/h2-21,30,39H,1H3,(H,36,41)(H,37,40)(H,35,38,42)/b28-19+. The predicted molar refractivity (Wildman–Crippen MR) is 177 cm³/mol. The van der Waals surface area contributed by atoms with E-state index in [4.69, 9.17) is 4.74 Å². The van der Waals surface area contributed by atoms with Crippen molar-refractivity contribution in [3.8, 4) is 11.5 Å². The van der Waals surface area contributed by atoms with Gasteiger partial charge in [0.25, 0.3) is 11.8 Å². The molecule has 1 unspecified atom stereocenters. The van der Waals surface area contributed by atoms with Crippen molar-refractivity contribution < 1.29 is 24.2 Å². The normalized spacial score (nSPS) is 11.7. The summed E-state index contributed by atoms with van der Waals surface area (Å²) in [6.07, 6.45) is 3.10. The Kier molecular flexibility index (Phi) is 10.3. The number of hydrogen-bond acceptors (Lipinski definition) is 8.